The Balaban J connectivity index is 1.49. The van der Waals surface area contributed by atoms with Gasteiger partial charge >= 0.3 is 0 Å². The first kappa shape index (κ1) is 22.2. The Hall–Kier alpha value is -1.98. The molecule has 0 spiro atoms. The normalized spacial score (nSPS) is 19.5. The number of anilines is 1. The summed E-state index contributed by atoms with van der Waals surface area (Å²) in [6.45, 7) is 2.30. The summed E-state index contributed by atoms with van der Waals surface area (Å²) >= 11 is 7.45. The van der Waals surface area contributed by atoms with E-state index < -0.39 is 20.7 Å². The Morgan fingerprint density at radius 2 is 2.26 bits per heavy atom. The smallest absolute Gasteiger partial charge is 0.266 e. The largest absolute Gasteiger partial charge is 0.490 e. The fourth-order valence-electron chi connectivity index (χ4n) is 3.49. The van der Waals surface area contributed by atoms with Crippen LogP contribution in [0.4, 0.5) is 10.2 Å². The van der Waals surface area contributed by atoms with Crippen molar-refractivity contribution in [3.8, 4) is 5.75 Å². The molecule has 31 heavy (non-hydrogen) atoms. The minimum atomic E-state index is -4.17. The summed E-state index contributed by atoms with van der Waals surface area (Å²) in [7, 11) is -4.17. The number of rotatable bonds is 7. The molecule has 1 aromatic heterocycles. The zero-order chi connectivity index (χ0) is 21.8. The lowest BCUT2D eigenvalue weighted by Crippen LogP contribution is -2.40. The fraction of sp³-hybridized carbons (Fsp3) is 0.350. The van der Waals surface area contributed by atoms with Crippen molar-refractivity contribution in [3.63, 3.8) is 0 Å². The molecule has 0 aliphatic carbocycles. The monoisotopic (exact) mass is 485 g/mol. The fourth-order valence-corrected chi connectivity index (χ4v) is 5.41. The van der Waals surface area contributed by atoms with Crippen molar-refractivity contribution < 1.29 is 22.3 Å². The second kappa shape index (κ2) is 9.66. The topological polar surface area (TPSA) is 89.6 Å². The molecule has 7 nitrogen and oxygen atoms in total. The molecule has 3 heterocycles. The summed E-state index contributed by atoms with van der Waals surface area (Å²) in [6.07, 6.45) is 6.00. The molecular formula is C20H21ClFN3O4S2. The average molecular weight is 486 g/mol. The van der Waals surface area contributed by atoms with Crippen LogP contribution in [0.15, 0.2) is 51.2 Å². The molecule has 2 aliphatic rings. The summed E-state index contributed by atoms with van der Waals surface area (Å²) in [6, 6.07) is 1.97. The number of nitrogens with zero attached hydrogens (tertiary/aromatic N) is 1. The maximum Gasteiger partial charge on any atom is 0.266 e. The zero-order valence-corrected chi connectivity index (χ0v) is 18.8. The lowest BCUT2D eigenvalue weighted by molar-refractivity contribution is 0.154. The van der Waals surface area contributed by atoms with Crippen LogP contribution in [0.2, 0.25) is 5.02 Å². The molecule has 0 amide bonds. The number of nitrogens with one attached hydrogen (secondary N) is 2. The van der Waals surface area contributed by atoms with Gasteiger partial charge in [-0.3, -0.25) is 4.72 Å². The van der Waals surface area contributed by atoms with E-state index >= 15 is 0 Å². The summed E-state index contributed by atoms with van der Waals surface area (Å²) in [5, 5.41) is 4.92. The molecule has 0 saturated heterocycles. The Morgan fingerprint density at radius 3 is 3.00 bits per heavy atom. The lowest BCUT2D eigenvalue weighted by atomic mass is 9.92. The molecule has 11 heteroatoms. The zero-order valence-electron chi connectivity index (χ0n) is 16.4. The minimum absolute atomic E-state index is 0.00618. The van der Waals surface area contributed by atoms with E-state index in [9.17, 15) is 12.8 Å². The van der Waals surface area contributed by atoms with Gasteiger partial charge < -0.3 is 14.8 Å². The molecule has 0 fully saturated rings. The highest BCUT2D eigenvalue weighted by Gasteiger charge is 2.25. The van der Waals surface area contributed by atoms with Crippen LogP contribution in [0.3, 0.4) is 0 Å². The standard InChI is InChI=1S/C20H21ClFN3O4S2/c21-15-8-19(31(26,27)25-20-11-30-12-24-20)16(22)9-18(15)29-10-17-14(2-1-5-23-17)13-3-6-28-7-4-13/h2-3,8-9,11-12,17,23,25H,1,4-7,10H2. The van der Waals surface area contributed by atoms with E-state index in [-0.39, 0.29) is 29.2 Å². The first-order valence-electron chi connectivity index (χ1n) is 9.67. The predicted octanol–water partition coefficient (Wildman–Crippen LogP) is 3.75. The number of aromatic nitrogens is 1. The van der Waals surface area contributed by atoms with E-state index in [2.05, 4.69) is 27.2 Å². The van der Waals surface area contributed by atoms with Crippen LogP contribution in [0.5, 0.6) is 5.75 Å². The highest BCUT2D eigenvalue weighted by molar-refractivity contribution is 7.92. The van der Waals surface area contributed by atoms with Crippen molar-refractivity contribution in [2.45, 2.75) is 23.8 Å². The summed E-state index contributed by atoms with van der Waals surface area (Å²) in [5.74, 6) is -0.757. The van der Waals surface area contributed by atoms with Gasteiger partial charge in [0.25, 0.3) is 10.0 Å². The molecule has 4 rings (SSSR count). The van der Waals surface area contributed by atoms with Gasteiger partial charge in [-0.15, -0.1) is 11.3 Å². The van der Waals surface area contributed by atoms with Gasteiger partial charge in [-0.1, -0.05) is 23.8 Å². The van der Waals surface area contributed by atoms with Gasteiger partial charge in [-0.25, -0.2) is 17.8 Å². The van der Waals surface area contributed by atoms with Crippen LogP contribution in [0.25, 0.3) is 0 Å². The molecule has 1 aromatic carbocycles. The number of hydrogen-bond acceptors (Lipinski definition) is 7. The minimum Gasteiger partial charge on any atom is -0.490 e. The first-order valence-corrected chi connectivity index (χ1v) is 12.5. The van der Waals surface area contributed by atoms with Gasteiger partial charge in [-0.2, -0.15) is 0 Å². The Labute approximate surface area is 189 Å². The van der Waals surface area contributed by atoms with E-state index in [4.69, 9.17) is 21.1 Å². The van der Waals surface area contributed by atoms with Gasteiger partial charge in [-0.05, 0) is 36.6 Å². The number of sulfonamides is 1. The Bertz CT molecular complexity index is 1100. The van der Waals surface area contributed by atoms with Crippen molar-refractivity contribution in [1.82, 2.24) is 10.3 Å². The average Bonchev–Trinajstić information content (AvgIpc) is 3.27. The SMILES string of the molecule is O=S(=O)(Nc1cscn1)c1cc(Cl)c(OCC2NCCC=C2C2=CCOCC2)cc1F. The lowest BCUT2D eigenvalue weighted by Gasteiger charge is -2.29. The molecule has 2 N–H and O–H groups in total. The van der Waals surface area contributed by atoms with Crippen molar-refractivity contribution in [1.29, 1.82) is 0 Å². The molecule has 0 bridgehead atoms. The van der Waals surface area contributed by atoms with Crippen LogP contribution in [0.1, 0.15) is 12.8 Å². The molecular weight excluding hydrogens is 465 g/mol. The van der Waals surface area contributed by atoms with Crippen molar-refractivity contribution in [3.05, 3.63) is 57.2 Å². The van der Waals surface area contributed by atoms with Gasteiger partial charge in [0.15, 0.2) is 5.82 Å². The summed E-state index contributed by atoms with van der Waals surface area (Å²) in [4.78, 5) is 3.28. The highest BCUT2D eigenvalue weighted by atomic mass is 35.5. The second-order valence-electron chi connectivity index (χ2n) is 7.01. The van der Waals surface area contributed by atoms with Gasteiger partial charge in [0.2, 0.25) is 0 Å². The number of halogens is 2. The van der Waals surface area contributed by atoms with Crippen molar-refractivity contribution in [2.24, 2.45) is 0 Å². The first-order chi connectivity index (χ1) is 14.9. The Morgan fingerprint density at radius 1 is 1.39 bits per heavy atom. The predicted molar refractivity (Wildman–Crippen MR) is 118 cm³/mol. The molecule has 2 aromatic rings. The van der Waals surface area contributed by atoms with Crippen LogP contribution in [0, 0.1) is 5.82 Å². The van der Waals surface area contributed by atoms with E-state index in [1.165, 1.54) is 27.8 Å². The number of benzene rings is 1. The maximum absolute atomic E-state index is 14.7. The van der Waals surface area contributed by atoms with Gasteiger partial charge in [0.05, 0.1) is 29.8 Å². The molecule has 1 unspecified atom stereocenters. The molecule has 1 atom stereocenters. The van der Waals surface area contributed by atoms with Crippen molar-refractivity contribution in [2.75, 3.05) is 31.1 Å². The van der Waals surface area contributed by atoms with E-state index in [0.29, 0.717) is 13.2 Å². The third-order valence-electron chi connectivity index (χ3n) is 4.96. The molecule has 0 radical (unpaired) electrons. The van der Waals surface area contributed by atoms with E-state index in [1.54, 1.807) is 0 Å². The third kappa shape index (κ3) is 5.27. The molecule has 166 valence electrons. The van der Waals surface area contributed by atoms with Crippen LogP contribution >= 0.6 is 22.9 Å². The third-order valence-corrected chi connectivity index (χ3v) is 7.21. The quantitative estimate of drug-likeness (QED) is 0.621. The van der Waals surface area contributed by atoms with Crippen molar-refractivity contribution >= 4 is 38.8 Å². The summed E-state index contributed by atoms with van der Waals surface area (Å²) in [5.41, 5.74) is 3.84. The van der Waals surface area contributed by atoms with Gasteiger partial charge in [0.1, 0.15) is 23.1 Å². The molecule has 0 saturated carbocycles. The Kier molecular flexibility index (Phi) is 6.92. The van der Waals surface area contributed by atoms with E-state index in [0.717, 1.165) is 37.1 Å². The van der Waals surface area contributed by atoms with Crippen LogP contribution in [-0.4, -0.2) is 45.8 Å². The van der Waals surface area contributed by atoms with Crippen LogP contribution in [-0.2, 0) is 14.8 Å². The molecule has 2 aliphatic heterocycles. The number of thiazole rings is 1. The number of ether oxygens (including phenoxy) is 2. The van der Waals surface area contributed by atoms with E-state index in [1.807, 2.05) is 0 Å². The van der Waals surface area contributed by atoms with Crippen LogP contribution < -0.4 is 14.8 Å². The van der Waals surface area contributed by atoms with Gasteiger partial charge in [0, 0.05) is 11.4 Å². The summed E-state index contributed by atoms with van der Waals surface area (Å²) < 4.78 is 53.0. The highest BCUT2D eigenvalue weighted by Crippen LogP contribution is 2.32. The second-order valence-corrected chi connectivity index (χ2v) is 9.79. The maximum atomic E-state index is 14.7. The number of hydrogen-bond donors (Lipinski definition) is 2.